The van der Waals surface area contributed by atoms with Crippen LogP contribution in [0.4, 0.5) is 0 Å². The van der Waals surface area contributed by atoms with Crippen molar-refractivity contribution in [2.24, 2.45) is 0 Å². The lowest BCUT2D eigenvalue weighted by atomic mass is 10.1. The van der Waals surface area contributed by atoms with Crippen molar-refractivity contribution in [3.05, 3.63) is 100 Å². The van der Waals surface area contributed by atoms with Crippen molar-refractivity contribution in [1.82, 2.24) is 0 Å². The van der Waals surface area contributed by atoms with Gasteiger partial charge in [-0.3, -0.25) is 0 Å². The molecule has 0 aliphatic rings. The molecule has 3 aromatic rings. The van der Waals surface area contributed by atoms with E-state index < -0.39 is 7.92 Å². The zero-order valence-corrected chi connectivity index (χ0v) is 18.1. The molecule has 0 unspecified atom stereocenters. The third kappa shape index (κ3) is 4.18. The van der Waals surface area contributed by atoms with Crippen LogP contribution in [-0.2, 0) is 6.42 Å². The third-order valence-electron chi connectivity index (χ3n) is 4.92. The van der Waals surface area contributed by atoms with Crippen molar-refractivity contribution in [3.8, 4) is 0 Å². The molecule has 0 fully saturated rings. The summed E-state index contributed by atoms with van der Waals surface area (Å²) in [6, 6.07) is 21.8. The van der Waals surface area contributed by atoms with E-state index in [1.54, 1.807) is 0 Å². The van der Waals surface area contributed by atoms with Gasteiger partial charge in [-0.15, -0.1) is 0 Å². The SMILES string of the molecule is CC=CCc1c(Cl)ccc(C)c1P(c1ccccc1C)c1ccccc1C. The summed E-state index contributed by atoms with van der Waals surface area (Å²) in [6.45, 7) is 8.72. The number of allylic oxidation sites excluding steroid dienone is 2. The molecule has 0 bridgehead atoms. The summed E-state index contributed by atoms with van der Waals surface area (Å²) in [4.78, 5) is 0. The highest BCUT2D eigenvalue weighted by Crippen LogP contribution is 2.39. The van der Waals surface area contributed by atoms with E-state index in [0.29, 0.717) is 0 Å². The first kappa shape index (κ1) is 19.9. The standard InChI is InChI=1S/C25H26ClP/c1-5-6-13-21-22(26)17-16-20(4)25(21)27(23-14-9-7-11-18(23)2)24-15-10-8-12-19(24)3/h5-12,14-17H,13H2,1-4H3. The normalized spacial score (nSPS) is 11.5. The molecule has 27 heavy (non-hydrogen) atoms. The average molecular weight is 393 g/mol. The first-order chi connectivity index (χ1) is 13.0. The first-order valence-corrected chi connectivity index (χ1v) is 11.1. The number of halogens is 1. The summed E-state index contributed by atoms with van der Waals surface area (Å²) in [5, 5.41) is 5.09. The van der Waals surface area contributed by atoms with Crippen molar-refractivity contribution in [3.63, 3.8) is 0 Å². The molecule has 0 heterocycles. The van der Waals surface area contributed by atoms with E-state index in [1.807, 2.05) is 6.07 Å². The van der Waals surface area contributed by atoms with Crippen LogP contribution in [0.5, 0.6) is 0 Å². The van der Waals surface area contributed by atoms with Gasteiger partial charge in [0.25, 0.3) is 0 Å². The molecular formula is C25H26ClP. The Hall–Kier alpha value is -1.88. The quantitative estimate of drug-likeness (QED) is 0.361. The fourth-order valence-electron chi connectivity index (χ4n) is 3.47. The van der Waals surface area contributed by atoms with E-state index in [0.717, 1.165) is 11.4 Å². The van der Waals surface area contributed by atoms with Crippen molar-refractivity contribution < 1.29 is 0 Å². The molecule has 0 aliphatic carbocycles. The van der Waals surface area contributed by atoms with E-state index in [1.165, 1.54) is 38.2 Å². The number of hydrogen-bond donors (Lipinski definition) is 0. The van der Waals surface area contributed by atoms with Crippen LogP contribution in [0.25, 0.3) is 0 Å². The molecule has 0 N–H and O–H groups in total. The van der Waals surface area contributed by atoms with Gasteiger partial charge in [0.15, 0.2) is 0 Å². The predicted molar refractivity (Wildman–Crippen MR) is 123 cm³/mol. The fourth-order valence-corrected chi connectivity index (χ4v) is 6.74. The lowest BCUT2D eigenvalue weighted by molar-refractivity contribution is 1.27. The molecule has 0 saturated carbocycles. The molecule has 0 nitrogen and oxygen atoms in total. The van der Waals surface area contributed by atoms with Gasteiger partial charge in [-0.2, -0.15) is 0 Å². The third-order valence-corrected chi connectivity index (χ3v) is 8.31. The van der Waals surface area contributed by atoms with Gasteiger partial charge in [0, 0.05) is 5.02 Å². The van der Waals surface area contributed by atoms with Crippen molar-refractivity contribution in [2.75, 3.05) is 0 Å². The van der Waals surface area contributed by atoms with E-state index in [4.69, 9.17) is 11.6 Å². The van der Waals surface area contributed by atoms with Crippen LogP contribution < -0.4 is 15.9 Å². The second-order valence-corrected chi connectivity index (χ2v) is 9.36. The molecule has 3 aromatic carbocycles. The predicted octanol–water partition coefficient (Wildman–Crippen LogP) is 6.14. The molecular weight excluding hydrogens is 367 g/mol. The average Bonchev–Trinajstić information content (AvgIpc) is 2.66. The van der Waals surface area contributed by atoms with Gasteiger partial charge >= 0.3 is 0 Å². The molecule has 0 saturated heterocycles. The van der Waals surface area contributed by atoms with Gasteiger partial charge in [-0.1, -0.05) is 78.4 Å². The number of hydrogen-bond acceptors (Lipinski definition) is 0. The van der Waals surface area contributed by atoms with Crippen molar-refractivity contribution >= 4 is 35.4 Å². The molecule has 138 valence electrons. The highest BCUT2D eigenvalue weighted by molar-refractivity contribution is 7.80. The summed E-state index contributed by atoms with van der Waals surface area (Å²) in [5.74, 6) is 0. The smallest absolute Gasteiger partial charge is 0.0447 e. The molecule has 0 spiro atoms. The summed E-state index contributed by atoms with van der Waals surface area (Å²) < 4.78 is 0. The summed E-state index contributed by atoms with van der Waals surface area (Å²) in [7, 11) is -0.680. The van der Waals surface area contributed by atoms with Crippen LogP contribution in [0.2, 0.25) is 5.02 Å². The van der Waals surface area contributed by atoms with Gasteiger partial charge in [-0.05, 0) is 86.3 Å². The van der Waals surface area contributed by atoms with Gasteiger partial charge in [0.1, 0.15) is 0 Å². The van der Waals surface area contributed by atoms with Gasteiger partial charge in [0.05, 0.1) is 0 Å². The van der Waals surface area contributed by atoms with Gasteiger partial charge < -0.3 is 0 Å². The van der Waals surface area contributed by atoms with Crippen LogP contribution in [-0.4, -0.2) is 0 Å². The van der Waals surface area contributed by atoms with Crippen LogP contribution in [0.15, 0.2) is 72.8 Å². The number of rotatable bonds is 5. The molecule has 0 aromatic heterocycles. The minimum absolute atomic E-state index is 0.680. The lowest BCUT2D eigenvalue weighted by Gasteiger charge is -2.27. The molecule has 2 heteroatoms. The topological polar surface area (TPSA) is 0 Å². The fraction of sp³-hybridized carbons (Fsp3) is 0.200. The Morgan fingerprint density at radius 2 is 1.33 bits per heavy atom. The molecule has 3 rings (SSSR count). The van der Waals surface area contributed by atoms with Crippen molar-refractivity contribution in [2.45, 2.75) is 34.1 Å². The maximum atomic E-state index is 6.71. The molecule has 0 amide bonds. The largest absolute Gasteiger partial charge is 0.0913 e. The van der Waals surface area contributed by atoms with E-state index in [-0.39, 0.29) is 0 Å². The first-order valence-electron chi connectivity index (χ1n) is 9.35. The number of benzene rings is 3. The van der Waals surface area contributed by atoms with E-state index in [2.05, 4.69) is 94.4 Å². The van der Waals surface area contributed by atoms with Crippen LogP contribution in [0, 0.1) is 20.8 Å². The minimum atomic E-state index is -0.680. The maximum Gasteiger partial charge on any atom is 0.0447 e. The van der Waals surface area contributed by atoms with E-state index >= 15 is 0 Å². The summed E-state index contributed by atoms with van der Waals surface area (Å²) >= 11 is 6.71. The van der Waals surface area contributed by atoms with Gasteiger partial charge in [-0.25, -0.2) is 0 Å². The monoisotopic (exact) mass is 392 g/mol. The zero-order chi connectivity index (χ0) is 19.4. The Morgan fingerprint density at radius 1 is 0.778 bits per heavy atom. The lowest BCUT2D eigenvalue weighted by Crippen LogP contribution is -2.28. The second-order valence-electron chi connectivity index (χ2n) is 6.87. The second kappa shape index (κ2) is 8.87. The van der Waals surface area contributed by atoms with Crippen LogP contribution >= 0.6 is 19.5 Å². The van der Waals surface area contributed by atoms with Crippen LogP contribution in [0.1, 0.15) is 29.2 Å². The van der Waals surface area contributed by atoms with E-state index in [9.17, 15) is 0 Å². The minimum Gasteiger partial charge on any atom is -0.0913 e. The van der Waals surface area contributed by atoms with Crippen LogP contribution in [0.3, 0.4) is 0 Å². The molecule has 0 atom stereocenters. The van der Waals surface area contributed by atoms with Crippen molar-refractivity contribution in [1.29, 1.82) is 0 Å². The maximum absolute atomic E-state index is 6.71. The molecule has 0 radical (unpaired) electrons. The highest BCUT2D eigenvalue weighted by atomic mass is 35.5. The molecule has 0 aliphatic heterocycles. The van der Waals surface area contributed by atoms with Gasteiger partial charge in [0.2, 0.25) is 0 Å². The zero-order valence-electron chi connectivity index (χ0n) is 16.5. The number of aryl methyl sites for hydroxylation is 3. The Morgan fingerprint density at radius 3 is 1.85 bits per heavy atom. The Balaban J connectivity index is 2.35. The highest BCUT2D eigenvalue weighted by Gasteiger charge is 2.25. The Bertz CT molecular complexity index is 926. The summed E-state index contributed by atoms with van der Waals surface area (Å²) in [6.07, 6.45) is 5.17. The Labute approximate surface area is 169 Å². The Kier molecular flexibility index (Phi) is 6.53. The summed E-state index contributed by atoms with van der Waals surface area (Å²) in [5.41, 5.74) is 5.25.